The molecule has 4 nitrogen and oxygen atoms in total. The summed E-state index contributed by atoms with van der Waals surface area (Å²) in [6.07, 6.45) is 3.66. The molecule has 2 atom stereocenters. The van der Waals surface area contributed by atoms with Gasteiger partial charge in [0.1, 0.15) is 0 Å². The van der Waals surface area contributed by atoms with Gasteiger partial charge in [-0.3, -0.25) is 0 Å². The van der Waals surface area contributed by atoms with Crippen LogP contribution in [-0.4, -0.2) is 32.9 Å². The number of hydrogen-bond acceptors (Lipinski definition) is 4. The van der Waals surface area contributed by atoms with Crippen LogP contribution >= 0.6 is 0 Å². The van der Waals surface area contributed by atoms with Crippen molar-refractivity contribution in [2.45, 2.75) is 43.2 Å². The second-order valence-corrected chi connectivity index (χ2v) is 7.86. The van der Waals surface area contributed by atoms with Crippen molar-refractivity contribution >= 4 is 15.5 Å². The number of rotatable bonds is 5. The van der Waals surface area contributed by atoms with Gasteiger partial charge in [-0.1, -0.05) is 19.1 Å². The van der Waals surface area contributed by atoms with E-state index in [-0.39, 0.29) is 17.9 Å². The van der Waals surface area contributed by atoms with Gasteiger partial charge in [-0.2, -0.15) is 0 Å². The first-order valence-corrected chi connectivity index (χ1v) is 8.97. The fourth-order valence-electron chi connectivity index (χ4n) is 2.87. The van der Waals surface area contributed by atoms with E-state index in [9.17, 15) is 8.42 Å². The first kappa shape index (κ1) is 13.9. The number of ether oxygens (including phenoxy) is 1. The fourth-order valence-corrected chi connectivity index (χ4v) is 3.93. The maximum absolute atomic E-state index is 12.2. The Morgan fingerprint density at radius 3 is 2.70 bits per heavy atom. The largest absolute Gasteiger partial charge is 0.379 e. The molecule has 1 saturated carbocycles. The van der Waals surface area contributed by atoms with E-state index >= 15 is 0 Å². The molecule has 20 heavy (non-hydrogen) atoms. The molecule has 110 valence electrons. The molecule has 1 N–H and O–H groups in total. The van der Waals surface area contributed by atoms with Crippen molar-refractivity contribution < 1.29 is 13.2 Å². The predicted molar refractivity (Wildman–Crippen MR) is 78.7 cm³/mol. The van der Waals surface area contributed by atoms with Gasteiger partial charge in [0.25, 0.3) is 0 Å². The molecule has 2 aliphatic rings. The number of anilines is 1. The number of benzene rings is 1. The maximum Gasteiger partial charge on any atom is 0.180 e. The van der Waals surface area contributed by atoms with Gasteiger partial charge < -0.3 is 10.1 Å². The summed E-state index contributed by atoms with van der Waals surface area (Å²) in [5.74, 6) is 0.781. The van der Waals surface area contributed by atoms with Crippen molar-refractivity contribution in [1.82, 2.24) is 0 Å². The van der Waals surface area contributed by atoms with E-state index in [1.807, 2.05) is 12.1 Å². The number of hydrogen-bond donors (Lipinski definition) is 1. The Labute approximate surface area is 120 Å². The Balaban J connectivity index is 1.84. The lowest BCUT2D eigenvalue weighted by molar-refractivity contribution is 0.0898. The molecule has 2 unspecified atom stereocenters. The molecule has 1 aromatic carbocycles. The molecule has 1 aliphatic heterocycles. The lowest BCUT2D eigenvalue weighted by Crippen LogP contribution is -2.31. The highest BCUT2D eigenvalue weighted by atomic mass is 32.2. The van der Waals surface area contributed by atoms with Gasteiger partial charge in [-0.25, -0.2) is 8.42 Å². The SMILES string of the molecule is CCS(=O)(=O)c1ccccc1NC1CCOC1C1CC1. The molecular weight excluding hydrogens is 274 g/mol. The van der Waals surface area contributed by atoms with Crippen LogP contribution in [0.2, 0.25) is 0 Å². The maximum atomic E-state index is 12.2. The van der Waals surface area contributed by atoms with E-state index in [0.717, 1.165) is 18.7 Å². The van der Waals surface area contributed by atoms with Crippen LogP contribution in [0.3, 0.4) is 0 Å². The van der Waals surface area contributed by atoms with Crippen molar-refractivity contribution in [3.8, 4) is 0 Å². The Morgan fingerprint density at radius 2 is 2.00 bits per heavy atom. The Hall–Kier alpha value is -1.07. The second-order valence-electron chi connectivity index (χ2n) is 5.61. The molecule has 2 fully saturated rings. The summed E-state index contributed by atoms with van der Waals surface area (Å²) in [6.45, 7) is 2.44. The molecule has 1 aliphatic carbocycles. The summed E-state index contributed by atoms with van der Waals surface area (Å²) >= 11 is 0. The average molecular weight is 295 g/mol. The van der Waals surface area contributed by atoms with Gasteiger partial charge in [0, 0.05) is 6.61 Å². The van der Waals surface area contributed by atoms with Crippen molar-refractivity contribution in [2.75, 3.05) is 17.7 Å². The zero-order valence-electron chi connectivity index (χ0n) is 11.7. The zero-order chi connectivity index (χ0) is 14.2. The van der Waals surface area contributed by atoms with Gasteiger partial charge in [0.2, 0.25) is 0 Å². The minimum absolute atomic E-state index is 0.124. The third-order valence-electron chi connectivity index (χ3n) is 4.17. The normalized spacial score (nSPS) is 26.6. The lowest BCUT2D eigenvalue weighted by Gasteiger charge is -2.22. The topological polar surface area (TPSA) is 55.4 Å². The second kappa shape index (κ2) is 5.37. The summed E-state index contributed by atoms with van der Waals surface area (Å²) in [5.41, 5.74) is 0.718. The van der Waals surface area contributed by atoms with Gasteiger partial charge >= 0.3 is 0 Å². The molecule has 1 aromatic rings. The highest BCUT2D eigenvalue weighted by molar-refractivity contribution is 7.91. The van der Waals surface area contributed by atoms with Crippen LogP contribution in [-0.2, 0) is 14.6 Å². The first-order chi connectivity index (χ1) is 9.62. The standard InChI is InChI=1S/C15H21NO3S/c1-2-20(17,18)14-6-4-3-5-12(14)16-13-9-10-19-15(13)11-7-8-11/h3-6,11,13,15-16H,2,7-10H2,1H3. The Bertz CT molecular complexity index is 581. The van der Waals surface area contributed by atoms with E-state index in [4.69, 9.17) is 4.74 Å². The highest BCUT2D eigenvalue weighted by Gasteiger charge is 2.40. The van der Waals surface area contributed by atoms with E-state index in [2.05, 4.69) is 5.32 Å². The molecule has 0 spiro atoms. The Kier molecular flexibility index (Phi) is 3.73. The fraction of sp³-hybridized carbons (Fsp3) is 0.600. The van der Waals surface area contributed by atoms with Crippen LogP contribution in [0.4, 0.5) is 5.69 Å². The minimum atomic E-state index is -3.20. The molecule has 0 aromatic heterocycles. The third-order valence-corrected chi connectivity index (χ3v) is 5.95. The van der Waals surface area contributed by atoms with E-state index in [1.165, 1.54) is 12.8 Å². The number of sulfone groups is 1. The summed E-state index contributed by atoms with van der Waals surface area (Å²) in [7, 11) is -3.20. The van der Waals surface area contributed by atoms with Crippen LogP contribution in [0.25, 0.3) is 0 Å². The molecule has 0 amide bonds. The van der Waals surface area contributed by atoms with E-state index < -0.39 is 9.84 Å². The predicted octanol–water partition coefficient (Wildman–Crippen LogP) is 2.46. The van der Waals surface area contributed by atoms with Gasteiger partial charge in [0.05, 0.1) is 28.5 Å². The van der Waals surface area contributed by atoms with Crippen molar-refractivity contribution in [2.24, 2.45) is 5.92 Å². The van der Waals surface area contributed by atoms with Crippen LogP contribution in [0.15, 0.2) is 29.2 Å². The summed E-state index contributed by atoms with van der Waals surface area (Å²) in [4.78, 5) is 0.406. The van der Waals surface area contributed by atoms with Gasteiger partial charge in [-0.15, -0.1) is 0 Å². The van der Waals surface area contributed by atoms with Gasteiger partial charge in [-0.05, 0) is 37.3 Å². The number of para-hydroxylation sites is 1. The van der Waals surface area contributed by atoms with Gasteiger partial charge in [0.15, 0.2) is 9.84 Å². The van der Waals surface area contributed by atoms with Crippen molar-refractivity contribution in [1.29, 1.82) is 0 Å². The summed E-state index contributed by atoms with van der Waals surface area (Å²) in [5, 5.41) is 3.42. The summed E-state index contributed by atoms with van der Waals surface area (Å²) in [6, 6.07) is 7.42. The quantitative estimate of drug-likeness (QED) is 0.906. The molecule has 5 heteroatoms. The Morgan fingerprint density at radius 1 is 1.25 bits per heavy atom. The van der Waals surface area contributed by atoms with Crippen molar-refractivity contribution in [3.63, 3.8) is 0 Å². The van der Waals surface area contributed by atoms with Crippen LogP contribution in [0.1, 0.15) is 26.2 Å². The van der Waals surface area contributed by atoms with Crippen LogP contribution in [0.5, 0.6) is 0 Å². The van der Waals surface area contributed by atoms with Crippen molar-refractivity contribution in [3.05, 3.63) is 24.3 Å². The number of nitrogens with one attached hydrogen (secondary N) is 1. The minimum Gasteiger partial charge on any atom is -0.379 e. The highest BCUT2D eigenvalue weighted by Crippen LogP contribution is 2.40. The lowest BCUT2D eigenvalue weighted by atomic mass is 10.1. The molecule has 3 rings (SSSR count). The van der Waals surface area contributed by atoms with E-state index in [0.29, 0.717) is 10.8 Å². The first-order valence-electron chi connectivity index (χ1n) is 7.32. The molecular formula is C15H21NO3S. The smallest absolute Gasteiger partial charge is 0.180 e. The summed E-state index contributed by atoms with van der Waals surface area (Å²) < 4.78 is 30.1. The third kappa shape index (κ3) is 2.69. The van der Waals surface area contributed by atoms with Crippen LogP contribution in [0, 0.1) is 5.92 Å². The average Bonchev–Trinajstić information content (AvgIpc) is 3.20. The zero-order valence-corrected chi connectivity index (χ0v) is 12.5. The monoisotopic (exact) mass is 295 g/mol. The molecule has 0 radical (unpaired) electrons. The molecule has 0 bridgehead atoms. The van der Waals surface area contributed by atoms with Crippen LogP contribution < -0.4 is 5.32 Å². The van der Waals surface area contributed by atoms with E-state index in [1.54, 1.807) is 19.1 Å². The molecule has 1 heterocycles. The molecule has 1 saturated heterocycles.